The molecule has 0 radical (unpaired) electrons. The molecule has 1 aromatic heterocycles. The molecule has 1 aromatic carbocycles. The van der Waals surface area contributed by atoms with Gasteiger partial charge in [-0.1, -0.05) is 6.07 Å². The van der Waals surface area contributed by atoms with Crippen LogP contribution in [0.2, 0.25) is 0 Å². The highest BCUT2D eigenvalue weighted by atomic mass is 32.2. The summed E-state index contributed by atoms with van der Waals surface area (Å²) in [6, 6.07) is 6.03. The molecule has 0 spiro atoms. The van der Waals surface area contributed by atoms with Gasteiger partial charge in [0.2, 0.25) is 15.9 Å². The van der Waals surface area contributed by atoms with E-state index in [9.17, 15) is 31.2 Å². The third-order valence-electron chi connectivity index (χ3n) is 3.75. The van der Waals surface area contributed by atoms with Gasteiger partial charge in [0.15, 0.2) is 5.69 Å². The molecule has 0 aliphatic rings. The molecule has 2 aromatic rings. The summed E-state index contributed by atoms with van der Waals surface area (Å²) in [6.07, 6.45) is -4.30. The first kappa shape index (κ1) is 26.1. The van der Waals surface area contributed by atoms with Crippen LogP contribution in [0.1, 0.15) is 26.5 Å². The Morgan fingerprint density at radius 2 is 1.82 bits per heavy atom. The molecule has 0 bridgehead atoms. The van der Waals surface area contributed by atoms with Crippen LogP contribution in [0.25, 0.3) is 0 Å². The van der Waals surface area contributed by atoms with Gasteiger partial charge < -0.3 is 15.4 Å². The van der Waals surface area contributed by atoms with Crippen LogP contribution in [-0.2, 0) is 32.3 Å². The number of nitrogens with zero attached hydrogens (tertiary/aromatic N) is 2. The molecule has 1 heterocycles. The highest BCUT2D eigenvalue weighted by Crippen LogP contribution is 2.27. The predicted octanol–water partition coefficient (Wildman–Crippen LogP) is 2.34. The number of hydrogen-bond donors (Lipinski definition) is 3. The molecule has 10 nitrogen and oxygen atoms in total. The molecule has 2 amide bonds. The fourth-order valence-electron chi connectivity index (χ4n) is 2.44. The minimum atomic E-state index is -4.63. The van der Waals surface area contributed by atoms with E-state index >= 15 is 0 Å². The molecule has 33 heavy (non-hydrogen) atoms. The van der Waals surface area contributed by atoms with Crippen LogP contribution >= 0.6 is 0 Å². The smallest absolute Gasteiger partial charge is 0.435 e. The van der Waals surface area contributed by atoms with E-state index in [0.717, 1.165) is 16.9 Å². The second kappa shape index (κ2) is 10.2. The van der Waals surface area contributed by atoms with Crippen molar-refractivity contribution in [3.05, 3.63) is 42.2 Å². The molecule has 182 valence electrons. The number of halogens is 3. The first-order chi connectivity index (χ1) is 15.2. The Morgan fingerprint density at radius 3 is 2.42 bits per heavy atom. The van der Waals surface area contributed by atoms with Crippen molar-refractivity contribution < 1.29 is 35.9 Å². The number of ether oxygens (including phenoxy) is 1. The zero-order chi connectivity index (χ0) is 24.9. The quantitative estimate of drug-likeness (QED) is 0.486. The summed E-state index contributed by atoms with van der Waals surface area (Å²) in [5, 5.41) is 8.10. The standard InChI is InChI=1S/C19H24F3N5O5S/c1-18(2,3)32-17(29)23-8-9-24-33(30,31)14-6-4-5-13(11-14)25-16(28)12-27-10-7-15(26-27)19(20,21)22/h4-7,10-11,24H,8-9,12H2,1-3H3,(H,23,29)(H,25,28). The number of amides is 2. The Balaban J connectivity index is 1.91. The Labute approximate surface area is 188 Å². The third-order valence-corrected chi connectivity index (χ3v) is 5.21. The van der Waals surface area contributed by atoms with Crippen LogP contribution in [0.3, 0.4) is 0 Å². The predicted molar refractivity (Wildman–Crippen MR) is 112 cm³/mol. The number of sulfonamides is 1. The number of alkyl carbamates (subject to hydrolysis) is 1. The second-order valence-electron chi connectivity index (χ2n) is 7.80. The minimum Gasteiger partial charge on any atom is -0.444 e. The summed E-state index contributed by atoms with van der Waals surface area (Å²) in [6.45, 7) is 4.44. The molecule has 14 heteroatoms. The largest absolute Gasteiger partial charge is 0.444 e. The fourth-order valence-corrected chi connectivity index (χ4v) is 3.51. The zero-order valence-electron chi connectivity index (χ0n) is 18.1. The van der Waals surface area contributed by atoms with Crippen LogP contribution in [0.4, 0.5) is 23.7 Å². The summed E-state index contributed by atoms with van der Waals surface area (Å²) < 4.78 is 70.8. The summed E-state index contributed by atoms with van der Waals surface area (Å²) in [7, 11) is -3.96. The van der Waals surface area contributed by atoms with Crippen molar-refractivity contribution in [1.29, 1.82) is 0 Å². The van der Waals surface area contributed by atoms with Crippen LogP contribution < -0.4 is 15.4 Å². The lowest BCUT2D eigenvalue weighted by Crippen LogP contribution is -2.37. The number of anilines is 1. The lowest BCUT2D eigenvalue weighted by atomic mass is 10.2. The number of nitrogens with one attached hydrogen (secondary N) is 3. The van der Waals surface area contributed by atoms with Crippen LogP contribution in [0.5, 0.6) is 0 Å². The number of carbonyl (C=O) groups is 2. The fraction of sp³-hybridized carbons (Fsp3) is 0.421. The molecule has 0 saturated heterocycles. The van der Waals surface area contributed by atoms with E-state index < -0.39 is 46.0 Å². The average molecular weight is 491 g/mol. The van der Waals surface area contributed by atoms with E-state index in [0.29, 0.717) is 0 Å². The Kier molecular flexibility index (Phi) is 8.08. The summed E-state index contributed by atoms with van der Waals surface area (Å²) in [5.41, 5.74) is -1.69. The Bertz CT molecular complexity index is 1090. The van der Waals surface area contributed by atoms with Gasteiger partial charge >= 0.3 is 12.3 Å². The van der Waals surface area contributed by atoms with E-state index in [-0.39, 0.29) is 23.7 Å². The average Bonchev–Trinajstić information content (AvgIpc) is 3.13. The van der Waals surface area contributed by atoms with Gasteiger partial charge in [-0.05, 0) is 45.0 Å². The van der Waals surface area contributed by atoms with Gasteiger partial charge in [0.1, 0.15) is 12.1 Å². The number of hydrogen-bond acceptors (Lipinski definition) is 6. The number of carbonyl (C=O) groups excluding carboxylic acids is 2. The van der Waals surface area contributed by atoms with Crippen LogP contribution in [0, 0.1) is 0 Å². The maximum absolute atomic E-state index is 12.6. The molecular formula is C19H24F3N5O5S. The Morgan fingerprint density at radius 1 is 1.12 bits per heavy atom. The van der Waals surface area contributed by atoms with Gasteiger partial charge in [-0.25, -0.2) is 17.9 Å². The van der Waals surface area contributed by atoms with Crippen molar-refractivity contribution in [3.8, 4) is 0 Å². The first-order valence-electron chi connectivity index (χ1n) is 9.63. The minimum absolute atomic E-state index is 0.0195. The zero-order valence-corrected chi connectivity index (χ0v) is 18.9. The van der Waals surface area contributed by atoms with Gasteiger partial charge in [-0.3, -0.25) is 9.48 Å². The SMILES string of the molecule is CC(C)(C)OC(=O)NCCNS(=O)(=O)c1cccc(NC(=O)Cn2ccc(C(F)(F)F)n2)c1. The van der Waals surface area contributed by atoms with Crippen LogP contribution in [0.15, 0.2) is 41.4 Å². The number of benzene rings is 1. The van der Waals surface area contributed by atoms with Gasteiger partial charge in [-0.2, -0.15) is 18.3 Å². The van der Waals surface area contributed by atoms with E-state index in [1.807, 2.05) is 0 Å². The Hall–Kier alpha value is -3.13. The van der Waals surface area contributed by atoms with Gasteiger partial charge in [0.05, 0.1) is 4.90 Å². The highest BCUT2D eigenvalue weighted by molar-refractivity contribution is 7.89. The lowest BCUT2D eigenvalue weighted by molar-refractivity contribution is -0.141. The maximum atomic E-state index is 12.6. The highest BCUT2D eigenvalue weighted by Gasteiger charge is 2.33. The summed E-state index contributed by atoms with van der Waals surface area (Å²) in [5.74, 6) is -0.698. The van der Waals surface area contributed by atoms with Crippen molar-refractivity contribution in [3.63, 3.8) is 0 Å². The van der Waals surface area contributed by atoms with E-state index in [2.05, 4.69) is 20.5 Å². The molecule has 0 fully saturated rings. The molecular weight excluding hydrogens is 467 g/mol. The normalized spacial score (nSPS) is 12.3. The van der Waals surface area contributed by atoms with E-state index in [4.69, 9.17) is 4.74 Å². The van der Waals surface area contributed by atoms with E-state index in [1.54, 1.807) is 20.8 Å². The summed E-state index contributed by atoms with van der Waals surface area (Å²) in [4.78, 5) is 23.5. The molecule has 0 aliphatic heterocycles. The molecule has 3 N–H and O–H groups in total. The number of aromatic nitrogens is 2. The van der Waals surface area contributed by atoms with Crippen molar-refractivity contribution in [1.82, 2.24) is 19.8 Å². The van der Waals surface area contributed by atoms with Gasteiger partial charge in [-0.15, -0.1) is 0 Å². The van der Waals surface area contributed by atoms with Gasteiger partial charge in [0.25, 0.3) is 0 Å². The third kappa shape index (κ3) is 8.73. The molecule has 2 rings (SSSR count). The van der Waals surface area contributed by atoms with Crippen molar-refractivity contribution in [2.45, 2.75) is 44.0 Å². The first-order valence-corrected chi connectivity index (χ1v) is 11.1. The van der Waals surface area contributed by atoms with E-state index in [1.165, 1.54) is 24.3 Å². The number of alkyl halides is 3. The van der Waals surface area contributed by atoms with Crippen molar-refractivity contribution in [2.24, 2.45) is 0 Å². The lowest BCUT2D eigenvalue weighted by Gasteiger charge is -2.19. The number of rotatable bonds is 8. The van der Waals surface area contributed by atoms with Crippen molar-refractivity contribution in [2.75, 3.05) is 18.4 Å². The maximum Gasteiger partial charge on any atom is 0.435 e. The van der Waals surface area contributed by atoms with Gasteiger partial charge in [0, 0.05) is 25.0 Å². The molecule has 0 atom stereocenters. The topological polar surface area (TPSA) is 131 Å². The van der Waals surface area contributed by atoms with Crippen LogP contribution in [-0.4, -0.2) is 48.9 Å². The van der Waals surface area contributed by atoms with Crippen molar-refractivity contribution >= 4 is 27.7 Å². The molecule has 0 aliphatic carbocycles. The monoisotopic (exact) mass is 491 g/mol. The molecule has 0 unspecified atom stereocenters. The summed E-state index contributed by atoms with van der Waals surface area (Å²) >= 11 is 0. The second-order valence-corrected chi connectivity index (χ2v) is 9.57. The molecule has 0 saturated carbocycles.